The molecular formula is C14H22N2. The minimum Gasteiger partial charge on any atom is -0.371 e. The molecule has 1 heterocycles. The van der Waals surface area contributed by atoms with Crippen LogP contribution in [-0.4, -0.2) is 13.1 Å². The Hall–Kier alpha value is -1.02. The molecule has 16 heavy (non-hydrogen) atoms. The van der Waals surface area contributed by atoms with Gasteiger partial charge < -0.3 is 10.6 Å². The van der Waals surface area contributed by atoms with Crippen molar-refractivity contribution in [1.29, 1.82) is 0 Å². The van der Waals surface area contributed by atoms with Crippen molar-refractivity contribution in [3.8, 4) is 0 Å². The highest BCUT2D eigenvalue weighted by atomic mass is 15.2. The second kappa shape index (κ2) is 4.46. The fourth-order valence-electron chi connectivity index (χ4n) is 2.65. The number of nitrogens with zero attached hydrogens (tertiary/aromatic N) is 1. The van der Waals surface area contributed by atoms with Gasteiger partial charge >= 0.3 is 0 Å². The van der Waals surface area contributed by atoms with E-state index in [0.29, 0.717) is 6.54 Å². The van der Waals surface area contributed by atoms with E-state index in [1.165, 1.54) is 29.9 Å². The first-order chi connectivity index (χ1) is 7.63. The van der Waals surface area contributed by atoms with Crippen molar-refractivity contribution in [1.82, 2.24) is 0 Å². The fraction of sp³-hybridized carbons (Fsp3) is 0.571. The van der Waals surface area contributed by atoms with E-state index in [1.807, 2.05) is 0 Å². The summed E-state index contributed by atoms with van der Waals surface area (Å²) >= 11 is 0. The van der Waals surface area contributed by atoms with Gasteiger partial charge in [0.2, 0.25) is 0 Å². The molecule has 2 atom stereocenters. The molecule has 2 N–H and O–H groups in total. The molecule has 1 fully saturated rings. The number of hydrogen-bond donors (Lipinski definition) is 1. The average Bonchev–Trinajstić information content (AvgIpc) is 2.58. The Bertz CT molecular complexity index is 363. The Morgan fingerprint density at radius 3 is 2.44 bits per heavy atom. The van der Waals surface area contributed by atoms with Gasteiger partial charge in [-0.15, -0.1) is 0 Å². The fourth-order valence-corrected chi connectivity index (χ4v) is 2.65. The van der Waals surface area contributed by atoms with Gasteiger partial charge in [0.05, 0.1) is 0 Å². The van der Waals surface area contributed by atoms with Crippen LogP contribution in [0.2, 0.25) is 0 Å². The molecule has 2 heteroatoms. The first-order valence-corrected chi connectivity index (χ1v) is 6.17. The summed E-state index contributed by atoms with van der Waals surface area (Å²) in [6, 6.07) is 6.43. The molecule has 2 rings (SSSR count). The van der Waals surface area contributed by atoms with Crippen LogP contribution in [0.25, 0.3) is 0 Å². The van der Waals surface area contributed by atoms with Gasteiger partial charge in [-0.3, -0.25) is 0 Å². The van der Waals surface area contributed by atoms with Crippen LogP contribution in [0.4, 0.5) is 5.69 Å². The summed E-state index contributed by atoms with van der Waals surface area (Å²) in [6.07, 6.45) is 0. The SMILES string of the molecule is Cc1cccc(CN)c1N1CC(C)C(C)C1. The molecule has 88 valence electrons. The molecule has 0 spiro atoms. The van der Waals surface area contributed by atoms with E-state index in [1.54, 1.807) is 0 Å². The van der Waals surface area contributed by atoms with Crippen LogP contribution in [0.15, 0.2) is 18.2 Å². The number of hydrogen-bond acceptors (Lipinski definition) is 2. The van der Waals surface area contributed by atoms with Crippen molar-refractivity contribution in [3.05, 3.63) is 29.3 Å². The molecular weight excluding hydrogens is 196 g/mol. The minimum atomic E-state index is 0.635. The lowest BCUT2D eigenvalue weighted by molar-refractivity contribution is 0.494. The summed E-state index contributed by atoms with van der Waals surface area (Å²) in [4.78, 5) is 2.51. The lowest BCUT2D eigenvalue weighted by atomic mass is 10.0. The summed E-state index contributed by atoms with van der Waals surface area (Å²) < 4.78 is 0. The highest BCUT2D eigenvalue weighted by Gasteiger charge is 2.27. The van der Waals surface area contributed by atoms with Crippen molar-refractivity contribution in [2.45, 2.75) is 27.3 Å². The summed E-state index contributed by atoms with van der Waals surface area (Å²) in [5.74, 6) is 1.57. The molecule has 0 bridgehead atoms. The summed E-state index contributed by atoms with van der Waals surface area (Å²) in [5, 5.41) is 0. The smallest absolute Gasteiger partial charge is 0.0441 e. The molecule has 0 saturated carbocycles. The van der Waals surface area contributed by atoms with Crippen molar-refractivity contribution in [3.63, 3.8) is 0 Å². The van der Waals surface area contributed by atoms with E-state index in [2.05, 4.69) is 43.9 Å². The quantitative estimate of drug-likeness (QED) is 0.826. The molecule has 1 aliphatic rings. The maximum absolute atomic E-state index is 5.83. The lowest BCUT2D eigenvalue weighted by Gasteiger charge is -2.24. The predicted octanol–water partition coefficient (Wildman–Crippen LogP) is 2.55. The molecule has 0 radical (unpaired) electrons. The van der Waals surface area contributed by atoms with Crippen LogP contribution < -0.4 is 10.6 Å². The largest absolute Gasteiger partial charge is 0.371 e. The molecule has 1 saturated heterocycles. The van der Waals surface area contributed by atoms with Gasteiger partial charge in [-0.1, -0.05) is 32.0 Å². The van der Waals surface area contributed by atoms with E-state index in [0.717, 1.165) is 11.8 Å². The predicted molar refractivity (Wildman–Crippen MR) is 69.6 cm³/mol. The Labute approximate surface area is 98.4 Å². The van der Waals surface area contributed by atoms with Crippen LogP contribution in [-0.2, 0) is 6.54 Å². The summed E-state index contributed by atoms with van der Waals surface area (Å²) in [5.41, 5.74) is 9.84. The summed E-state index contributed by atoms with van der Waals surface area (Å²) in [7, 11) is 0. The number of benzene rings is 1. The minimum absolute atomic E-state index is 0.635. The number of anilines is 1. The van der Waals surface area contributed by atoms with Crippen molar-refractivity contribution in [2.24, 2.45) is 17.6 Å². The molecule has 0 aliphatic carbocycles. The molecule has 2 nitrogen and oxygen atoms in total. The van der Waals surface area contributed by atoms with Crippen LogP contribution in [0, 0.1) is 18.8 Å². The van der Waals surface area contributed by atoms with Gasteiger partial charge in [-0.25, -0.2) is 0 Å². The second-order valence-electron chi connectivity index (χ2n) is 5.15. The third kappa shape index (κ3) is 1.94. The maximum atomic E-state index is 5.83. The second-order valence-corrected chi connectivity index (χ2v) is 5.15. The van der Waals surface area contributed by atoms with Crippen LogP contribution in [0.5, 0.6) is 0 Å². The highest BCUT2D eigenvalue weighted by Crippen LogP contribution is 2.32. The molecule has 0 aromatic heterocycles. The van der Waals surface area contributed by atoms with Crippen molar-refractivity contribution in [2.75, 3.05) is 18.0 Å². The Morgan fingerprint density at radius 1 is 1.25 bits per heavy atom. The zero-order valence-corrected chi connectivity index (χ0v) is 10.5. The highest BCUT2D eigenvalue weighted by molar-refractivity contribution is 5.60. The van der Waals surface area contributed by atoms with E-state index < -0.39 is 0 Å². The first kappa shape index (κ1) is 11.5. The van der Waals surface area contributed by atoms with Crippen LogP contribution in [0.1, 0.15) is 25.0 Å². The number of para-hydroxylation sites is 1. The Morgan fingerprint density at radius 2 is 1.88 bits per heavy atom. The topological polar surface area (TPSA) is 29.3 Å². The van der Waals surface area contributed by atoms with Crippen molar-refractivity contribution < 1.29 is 0 Å². The standard InChI is InChI=1S/C14H22N2/c1-10-5-4-6-13(7-15)14(10)16-8-11(2)12(3)9-16/h4-6,11-12H,7-9,15H2,1-3H3. The number of nitrogens with two attached hydrogens (primary N) is 1. The van der Waals surface area contributed by atoms with Crippen molar-refractivity contribution >= 4 is 5.69 Å². The van der Waals surface area contributed by atoms with Gasteiger partial charge in [-0.05, 0) is 29.9 Å². The van der Waals surface area contributed by atoms with Crippen LogP contribution >= 0.6 is 0 Å². The van der Waals surface area contributed by atoms with Gasteiger partial charge in [0.15, 0.2) is 0 Å². The Kier molecular flexibility index (Phi) is 3.20. The van der Waals surface area contributed by atoms with Gasteiger partial charge in [0.1, 0.15) is 0 Å². The zero-order valence-electron chi connectivity index (χ0n) is 10.5. The Balaban J connectivity index is 2.33. The third-order valence-electron chi connectivity index (χ3n) is 3.85. The number of aryl methyl sites for hydroxylation is 1. The molecule has 1 aromatic rings. The van der Waals surface area contributed by atoms with Gasteiger partial charge in [0, 0.05) is 25.3 Å². The summed E-state index contributed by atoms with van der Waals surface area (Å²) in [6.45, 7) is 9.83. The van der Waals surface area contributed by atoms with E-state index in [4.69, 9.17) is 5.73 Å². The maximum Gasteiger partial charge on any atom is 0.0441 e. The van der Waals surface area contributed by atoms with Gasteiger partial charge in [0.25, 0.3) is 0 Å². The van der Waals surface area contributed by atoms with Gasteiger partial charge in [-0.2, -0.15) is 0 Å². The average molecular weight is 218 g/mol. The normalized spacial score (nSPS) is 25.1. The van der Waals surface area contributed by atoms with E-state index in [-0.39, 0.29) is 0 Å². The molecule has 1 aromatic carbocycles. The zero-order chi connectivity index (χ0) is 11.7. The molecule has 0 amide bonds. The molecule has 2 unspecified atom stereocenters. The first-order valence-electron chi connectivity index (χ1n) is 6.17. The molecule has 1 aliphatic heterocycles. The van der Waals surface area contributed by atoms with E-state index >= 15 is 0 Å². The van der Waals surface area contributed by atoms with E-state index in [9.17, 15) is 0 Å². The number of rotatable bonds is 2. The van der Waals surface area contributed by atoms with Crippen LogP contribution in [0.3, 0.4) is 0 Å². The third-order valence-corrected chi connectivity index (χ3v) is 3.85. The lowest BCUT2D eigenvalue weighted by Crippen LogP contribution is -2.22. The monoisotopic (exact) mass is 218 g/mol.